The molecule has 0 radical (unpaired) electrons. The van der Waals surface area contributed by atoms with E-state index in [1.54, 1.807) is 25.1 Å². The first kappa shape index (κ1) is 16.4. The van der Waals surface area contributed by atoms with Crippen LogP contribution >= 0.6 is 11.6 Å². The number of benzene rings is 1. The number of amides is 1. The average molecular weight is 324 g/mol. The van der Waals surface area contributed by atoms with Crippen molar-refractivity contribution in [1.29, 1.82) is 0 Å². The number of carbonyl (C=O) groups excluding carboxylic acids is 2. The fourth-order valence-corrected chi connectivity index (χ4v) is 2.22. The van der Waals surface area contributed by atoms with Crippen LogP contribution in [-0.2, 0) is 9.53 Å². The summed E-state index contributed by atoms with van der Waals surface area (Å²) in [6.45, 7) is 5.76. The zero-order valence-electron chi connectivity index (χ0n) is 12.7. The molecule has 0 aliphatic rings. The van der Waals surface area contributed by atoms with Gasteiger partial charge >= 0.3 is 5.97 Å². The molecule has 2 aromatic rings. The highest BCUT2D eigenvalue weighted by Gasteiger charge is 2.24. The summed E-state index contributed by atoms with van der Waals surface area (Å²) in [4.78, 5) is 23.9. The molecule has 0 unspecified atom stereocenters. The summed E-state index contributed by atoms with van der Waals surface area (Å²) in [5, 5.41) is 3.98. The number of aryl methyl sites for hydroxylation is 1. The van der Waals surface area contributed by atoms with Crippen molar-refractivity contribution in [3.05, 3.63) is 34.5 Å². The van der Waals surface area contributed by atoms with Gasteiger partial charge in [-0.15, -0.1) is 0 Å². The molecular weight excluding hydrogens is 306 g/mol. The Kier molecular flexibility index (Phi) is 5.08. The number of ether oxygens (including phenoxy) is 1. The Morgan fingerprint density at radius 2 is 2.14 bits per heavy atom. The van der Waals surface area contributed by atoms with Crippen LogP contribution in [-0.4, -0.2) is 24.5 Å². The number of nitrogens with one attached hydrogen (secondary N) is 1. The minimum absolute atomic E-state index is 0.0902. The fourth-order valence-electron chi connectivity index (χ4n) is 2.05. The van der Waals surface area contributed by atoms with Gasteiger partial charge in [0.25, 0.3) is 5.91 Å². The monoisotopic (exact) mass is 323 g/mol. The minimum atomic E-state index is -0.879. The molecule has 2 rings (SSSR count). The number of furan rings is 1. The van der Waals surface area contributed by atoms with E-state index in [0.717, 1.165) is 11.8 Å². The number of hydrogen-bond acceptors (Lipinski definition) is 4. The van der Waals surface area contributed by atoms with Crippen LogP contribution in [0.4, 0.5) is 0 Å². The highest BCUT2D eigenvalue weighted by Crippen LogP contribution is 2.28. The van der Waals surface area contributed by atoms with Crippen molar-refractivity contribution in [2.24, 2.45) is 0 Å². The van der Waals surface area contributed by atoms with E-state index in [-0.39, 0.29) is 11.7 Å². The Hall–Kier alpha value is -2.01. The maximum absolute atomic E-state index is 12.2. The molecule has 5 nitrogen and oxygen atoms in total. The Morgan fingerprint density at radius 1 is 1.41 bits per heavy atom. The van der Waals surface area contributed by atoms with Crippen molar-refractivity contribution in [3.63, 3.8) is 0 Å². The van der Waals surface area contributed by atoms with Crippen LogP contribution in [0.5, 0.6) is 0 Å². The third-order valence-electron chi connectivity index (χ3n) is 3.29. The molecule has 1 aromatic heterocycles. The highest BCUT2D eigenvalue weighted by atomic mass is 35.5. The van der Waals surface area contributed by atoms with Crippen LogP contribution in [0.25, 0.3) is 11.0 Å². The standard InChI is InChI=1S/C16H18ClNO4/c1-4-7-18-15(19)10(3)21-16(20)14-9(2)12-8-11(17)5-6-13(12)22-14/h5-6,8,10H,4,7H2,1-3H3,(H,18,19)/t10-/m1/s1. The normalized spacial score (nSPS) is 12.2. The zero-order chi connectivity index (χ0) is 16.3. The molecule has 0 bridgehead atoms. The van der Waals surface area contributed by atoms with Crippen LogP contribution in [0.1, 0.15) is 36.4 Å². The number of rotatable bonds is 5. The minimum Gasteiger partial charge on any atom is -0.449 e. The van der Waals surface area contributed by atoms with E-state index in [9.17, 15) is 9.59 Å². The van der Waals surface area contributed by atoms with Gasteiger partial charge in [-0.05, 0) is 38.5 Å². The Morgan fingerprint density at radius 3 is 2.82 bits per heavy atom. The lowest BCUT2D eigenvalue weighted by atomic mass is 10.1. The van der Waals surface area contributed by atoms with Crippen LogP contribution in [0.3, 0.4) is 0 Å². The van der Waals surface area contributed by atoms with Gasteiger partial charge < -0.3 is 14.5 Å². The predicted molar refractivity (Wildman–Crippen MR) is 84.1 cm³/mol. The van der Waals surface area contributed by atoms with Crippen molar-refractivity contribution in [3.8, 4) is 0 Å². The lowest BCUT2D eigenvalue weighted by Crippen LogP contribution is -2.36. The van der Waals surface area contributed by atoms with E-state index < -0.39 is 12.1 Å². The zero-order valence-corrected chi connectivity index (χ0v) is 13.5. The van der Waals surface area contributed by atoms with Crippen LogP contribution < -0.4 is 5.32 Å². The third-order valence-corrected chi connectivity index (χ3v) is 3.52. The Labute approximate surface area is 133 Å². The number of halogens is 1. The second-order valence-electron chi connectivity index (χ2n) is 5.04. The van der Waals surface area contributed by atoms with Crippen LogP contribution in [0.2, 0.25) is 5.02 Å². The maximum atomic E-state index is 12.2. The molecule has 0 fully saturated rings. The summed E-state index contributed by atoms with van der Waals surface area (Å²) in [6.07, 6.45) is -0.0641. The number of carbonyl (C=O) groups is 2. The topological polar surface area (TPSA) is 68.5 Å². The third kappa shape index (κ3) is 3.42. The van der Waals surface area contributed by atoms with Crippen molar-refractivity contribution in [1.82, 2.24) is 5.32 Å². The van der Waals surface area contributed by atoms with E-state index in [1.165, 1.54) is 6.92 Å². The van der Waals surface area contributed by atoms with Gasteiger partial charge in [0.1, 0.15) is 5.58 Å². The van der Waals surface area contributed by atoms with E-state index in [0.29, 0.717) is 22.7 Å². The summed E-state index contributed by atoms with van der Waals surface area (Å²) in [5.74, 6) is -0.900. The molecule has 1 atom stereocenters. The van der Waals surface area contributed by atoms with Gasteiger partial charge in [-0.2, -0.15) is 0 Å². The first-order valence-corrected chi connectivity index (χ1v) is 7.49. The molecule has 1 aromatic carbocycles. The molecule has 0 saturated heterocycles. The summed E-state index contributed by atoms with van der Waals surface area (Å²) in [7, 11) is 0. The molecule has 1 amide bonds. The quantitative estimate of drug-likeness (QED) is 0.855. The van der Waals surface area contributed by atoms with Gasteiger partial charge in [-0.3, -0.25) is 4.79 Å². The molecule has 0 aliphatic heterocycles. The maximum Gasteiger partial charge on any atom is 0.375 e. The molecule has 0 spiro atoms. The molecule has 118 valence electrons. The molecule has 1 N–H and O–H groups in total. The number of hydrogen-bond donors (Lipinski definition) is 1. The molecular formula is C16H18ClNO4. The Bertz CT molecular complexity index is 707. The summed E-state index contributed by atoms with van der Waals surface area (Å²) >= 11 is 5.94. The van der Waals surface area contributed by atoms with Gasteiger partial charge in [0.05, 0.1) is 0 Å². The van der Waals surface area contributed by atoms with Gasteiger partial charge in [0.15, 0.2) is 6.10 Å². The van der Waals surface area contributed by atoms with E-state index in [2.05, 4.69) is 5.32 Å². The fraction of sp³-hybridized carbons (Fsp3) is 0.375. The number of esters is 1. The first-order valence-electron chi connectivity index (χ1n) is 7.11. The Balaban J connectivity index is 2.16. The van der Waals surface area contributed by atoms with Crippen molar-refractivity contribution >= 4 is 34.4 Å². The van der Waals surface area contributed by atoms with Gasteiger partial charge in [-0.25, -0.2) is 4.79 Å². The summed E-state index contributed by atoms with van der Waals surface area (Å²) in [6, 6.07) is 5.10. The molecule has 22 heavy (non-hydrogen) atoms. The smallest absolute Gasteiger partial charge is 0.375 e. The van der Waals surface area contributed by atoms with Crippen molar-refractivity contribution in [2.75, 3.05) is 6.54 Å². The lowest BCUT2D eigenvalue weighted by molar-refractivity contribution is -0.129. The van der Waals surface area contributed by atoms with E-state index >= 15 is 0 Å². The summed E-state index contributed by atoms with van der Waals surface area (Å²) < 4.78 is 10.7. The molecule has 0 saturated carbocycles. The van der Waals surface area contributed by atoms with Crippen LogP contribution in [0, 0.1) is 6.92 Å². The largest absolute Gasteiger partial charge is 0.449 e. The molecule has 1 heterocycles. The van der Waals surface area contributed by atoms with Gasteiger partial charge in [0, 0.05) is 22.5 Å². The molecule has 6 heteroatoms. The number of fused-ring (bicyclic) bond motifs is 1. The molecule has 0 aliphatic carbocycles. The SMILES string of the molecule is CCCNC(=O)[C@@H](C)OC(=O)c1oc2ccc(Cl)cc2c1C. The van der Waals surface area contributed by atoms with Crippen molar-refractivity contribution < 1.29 is 18.7 Å². The first-order chi connectivity index (χ1) is 10.4. The predicted octanol–water partition coefficient (Wildman–Crippen LogP) is 3.47. The van der Waals surface area contributed by atoms with Crippen molar-refractivity contribution in [2.45, 2.75) is 33.3 Å². The lowest BCUT2D eigenvalue weighted by Gasteiger charge is -2.12. The van der Waals surface area contributed by atoms with Gasteiger partial charge in [0.2, 0.25) is 5.76 Å². The average Bonchev–Trinajstić information content (AvgIpc) is 2.81. The van der Waals surface area contributed by atoms with Crippen LogP contribution in [0.15, 0.2) is 22.6 Å². The highest BCUT2D eigenvalue weighted by molar-refractivity contribution is 6.31. The summed E-state index contributed by atoms with van der Waals surface area (Å²) in [5.41, 5.74) is 1.20. The second kappa shape index (κ2) is 6.83. The van der Waals surface area contributed by atoms with E-state index in [4.69, 9.17) is 20.8 Å². The van der Waals surface area contributed by atoms with E-state index in [1.807, 2.05) is 6.92 Å². The second-order valence-corrected chi connectivity index (χ2v) is 5.47. The van der Waals surface area contributed by atoms with Gasteiger partial charge in [-0.1, -0.05) is 18.5 Å².